The molecule has 21 heavy (non-hydrogen) atoms. The minimum atomic E-state index is -0.811. The van der Waals surface area contributed by atoms with E-state index in [0.29, 0.717) is 43.4 Å². The SMILES string of the molecule is COCCNC(=O)NCC(O)c1ccc2c(c1)OCCO2. The van der Waals surface area contributed by atoms with Gasteiger partial charge in [-0.3, -0.25) is 0 Å². The Bertz CT molecular complexity index is 480. The van der Waals surface area contributed by atoms with Crippen molar-refractivity contribution >= 4 is 6.03 Å². The molecule has 1 unspecified atom stereocenters. The highest BCUT2D eigenvalue weighted by atomic mass is 16.6. The summed E-state index contributed by atoms with van der Waals surface area (Å²) in [5.41, 5.74) is 0.663. The molecule has 7 heteroatoms. The molecule has 0 saturated heterocycles. The topological polar surface area (TPSA) is 89.1 Å². The summed E-state index contributed by atoms with van der Waals surface area (Å²) < 4.78 is 15.7. The van der Waals surface area contributed by atoms with E-state index in [1.54, 1.807) is 25.3 Å². The highest BCUT2D eigenvalue weighted by Gasteiger charge is 2.15. The normalized spacial score (nSPS) is 14.4. The average Bonchev–Trinajstić information content (AvgIpc) is 2.52. The number of hydrogen-bond donors (Lipinski definition) is 3. The number of carbonyl (C=O) groups excluding carboxylic acids is 1. The number of urea groups is 1. The van der Waals surface area contributed by atoms with Gasteiger partial charge in [-0.05, 0) is 17.7 Å². The van der Waals surface area contributed by atoms with Gasteiger partial charge >= 0.3 is 6.03 Å². The lowest BCUT2D eigenvalue weighted by atomic mass is 10.1. The number of rotatable bonds is 6. The Labute approximate surface area is 123 Å². The number of amides is 2. The molecule has 0 bridgehead atoms. The third-order valence-electron chi connectivity index (χ3n) is 3.00. The Morgan fingerprint density at radius 2 is 2.10 bits per heavy atom. The zero-order chi connectivity index (χ0) is 15.1. The van der Waals surface area contributed by atoms with Gasteiger partial charge in [0.15, 0.2) is 11.5 Å². The van der Waals surface area contributed by atoms with Crippen LogP contribution in [0.3, 0.4) is 0 Å². The summed E-state index contributed by atoms with van der Waals surface area (Å²) in [5, 5.41) is 15.3. The summed E-state index contributed by atoms with van der Waals surface area (Å²) in [6.45, 7) is 1.99. The van der Waals surface area contributed by atoms with Crippen LogP contribution in [0.15, 0.2) is 18.2 Å². The molecule has 3 N–H and O–H groups in total. The molecule has 1 aromatic rings. The van der Waals surface area contributed by atoms with Crippen molar-refractivity contribution in [1.82, 2.24) is 10.6 Å². The third-order valence-corrected chi connectivity index (χ3v) is 3.00. The molecule has 116 valence electrons. The van der Waals surface area contributed by atoms with E-state index in [-0.39, 0.29) is 12.6 Å². The maximum absolute atomic E-state index is 11.5. The molecular formula is C14H20N2O5. The third kappa shape index (κ3) is 4.51. The predicted molar refractivity (Wildman–Crippen MR) is 75.7 cm³/mol. The van der Waals surface area contributed by atoms with Crippen molar-refractivity contribution in [2.24, 2.45) is 0 Å². The van der Waals surface area contributed by atoms with Gasteiger partial charge in [-0.15, -0.1) is 0 Å². The molecule has 0 radical (unpaired) electrons. The summed E-state index contributed by atoms with van der Waals surface area (Å²) in [4.78, 5) is 11.5. The number of hydrogen-bond acceptors (Lipinski definition) is 5. The van der Waals surface area contributed by atoms with Crippen LogP contribution in [0, 0.1) is 0 Å². The molecular weight excluding hydrogens is 276 g/mol. The van der Waals surface area contributed by atoms with Crippen LogP contribution in [0.1, 0.15) is 11.7 Å². The van der Waals surface area contributed by atoms with Gasteiger partial charge in [-0.25, -0.2) is 4.79 Å². The van der Waals surface area contributed by atoms with E-state index in [1.807, 2.05) is 0 Å². The zero-order valence-electron chi connectivity index (χ0n) is 11.9. The monoisotopic (exact) mass is 296 g/mol. The van der Waals surface area contributed by atoms with E-state index < -0.39 is 6.10 Å². The van der Waals surface area contributed by atoms with Crippen LogP contribution < -0.4 is 20.1 Å². The molecule has 1 heterocycles. The lowest BCUT2D eigenvalue weighted by Gasteiger charge is -2.20. The fourth-order valence-electron chi connectivity index (χ4n) is 1.90. The predicted octanol–water partition coefficient (Wildman–Crippen LogP) is 0.437. The van der Waals surface area contributed by atoms with E-state index in [1.165, 1.54) is 0 Å². The van der Waals surface area contributed by atoms with Gasteiger partial charge < -0.3 is 30.0 Å². The van der Waals surface area contributed by atoms with Crippen molar-refractivity contribution in [2.45, 2.75) is 6.10 Å². The Morgan fingerprint density at radius 3 is 2.86 bits per heavy atom. The Hall–Kier alpha value is -1.99. The first-order valence-electron chi connectivity index (χ1n) is 6.79. The van der Waals surface area contributed by atoms with E-state index in [4.69, 9.17) is 14.2 Å². The lowest BCUT2D eigenvalue weighted by Crippen LogP contribution is -2.39. The van der Waals surface area contributed by atoms with Crippen LogP contribution >= 0.6 is 0 Å². The van der Waals surface area contributed by atoms with E-state index in [9.17, 15) is 9.90 Å². The van der Waals surface area contributed by atoms with Crippen molar-refractivity contribution in [3.05, 3.63) is 23.8 Å². The number of nitrogens with one attached hydrogen (secondary N) is 2. The largest absolute Gasteiger partial charge is 0.486 e. The first-order chi connectivity index (χ1) is 10.2. The fraction of sp³-hybridized carbons (Fsp3) is 0.500. The molecule has 2 rings (SSSR count). The Balaban J connectivity index is 1.83. The summed E-state index contributed by atoms with van der Waals surface area (Å²) in [7, 11) is 1.56. The molecule has 1 aliphatic rings. The van der Waals surface area contributed by atoms with E-state index in [2.05, 4.69) is 10.6 Å². The number of aliphatic hydroxyl groups excluding tert-OH is 1. The van der Waals surface area contributed by atoms with Crippen molar-refractivity contribution in [3.63, 3.8) is 0 Å². The molecule has 1 atom stereocenters. The summed E-state index contributed by atoms with van der Waals surface area (Å²) in [6.07, 6.45) is -0.811. The van der Waals surface area contributed by atoms with Crippen molar-refractivity contribution in [2.75, 3.05) is 40.0 Å². The summed E-state index contributed by atoms with van der Waals surface area (Å²) in [6, 6.07) is 4.89. The highest BCUT2D eigenvalue weighted by Crippen LogP contribution is 2.32. The van der Waals surface area contributed by atoms with Gasteiger partial charge in [0, 0.05) is 20.2 Å². The second-order valence-electron chi connectivity index (χ2n) is 4.55. The van der Waals surface area contributed by atoms with Gasteiger partial charge in [0.1, 0.15) is 13.2 Å². The van der Waals surface area contributed by atoms with E-state index >= 15 is 0 Å². The number of ether oxygens (including phenoxy) is 3. The maximum atomic E-state index is 11.5. The lowest BCUT2D eigenvalue weighted by molar-refractivity contribution is 0.162. The van der Waals surface area contributed by atoms with Crippen LogP contribution in [-0.2, 0) is 4.74 Å². The van der Waals surface area contributed by atoms with Crippen LogP contribution in [0.5, 0.6) is 11.5 Å². The number of benzene rings is 1. The smallest absolute Gasteiger partial charge is 0.314 e. The number of carbonyl (C=O) groups is 1. The summed E-state index contributed by atoms with van der Waals surface area (Å²) in [5.74, 6) is 1.28. The molecule has 0 aromatic heterocycles. The zero-order valence-corrected chi connectivity index (χ0v) is 11.9. The Morgan fingerprint density at radius 1 is 1.33 bits per heavy atom. The van der Waals surface area contributed by atoms with Gasteiger partial charge in [-0.2, -0.15) is 0 Å². The Kier molecular flexibility index (Phi) is 5.65. The minimum Gasteiger partial charge on any atom is -0.486 e. The molecule has 7 nitrogen and oxygen atoms in total. The maximum Gasteiger partial charge on any atom is 0.314 e. The number of methoxy groups -OCH3 is 1. The molecule has 0 saturated carbocycles. The molecule has 1 aliphatic heterocycles. The molecule has 0 spiro atoms. The van der Waals surface area contributed by atoms with Crippen molar-refractivity contribution < 1.29 is 24.1 Å². The van der Waals surface area contributed by atoms with Crippen LogP contribution in [-0.4, -0.2) is 51.2 Å². The van der Waals surface area contributed by atoms with Crippen molar-refractivity contribution in [3.8, 4) is 11.5 Å². The van der Waals surface area contributed by atoms with Gasteiger partial charge in [0.2, 0.25) is 0 Å². The second-order valence-corrected chi connectivity index (χ2v) is 4.55. The van der Waals surface area contributed by atoms with Gasteiger partial charge in [-0.1, -0.05) is 6.07 Å². The summed E-state index contributed by atoms with van der Waals surface area (Å²) >= 11 is 0. The number of aliphatic hydroxyl groups is 1. The number of fused-ring (bicyclic) bond motifs is 1. The molecule has 0 fully saturated rings. The van der Waals surface area contributed by atoms with E-state index in [0.717, 1.165) is 0 Å². The standard InChI is InChI=1S/C14H20N2O5/c1-19-5-4-15-14(18)16-9-11(17)10-2-3-12-13(8-10)21-7-6-20-12/h2-3,8,11,17H,4-7,9H2,1H3,(H2,15,16,18). The molecule has 0 aliphatic carbocycles. The van der Waals surface area contributed by atoms with Gasteiger partial charge in [0.05, 0.1) is 12.7 Å². The van der Waals surface area contributed by atoms with Crippen LogP contribution in [0.4, 0.5) is 4.79 Å². The van der Waals surface area contributed by atoms with Crippen LogP contribution in [0.25, 0.3) is 0 Å². The van der Waals surface area contributed by atoms with Crippen molar-refractivity contribution in [1.29, 1.82) is 0 Å². The molecule has 1 aromatic carbocycles. The first kappa shape index (κ1) is 15.4. The minimum absolute atomic E-state index is 0.110. The highest BCUT2D eigenvalue weighted by molar-refractivity contribution is 5.73. The average molecular weight is 296 g/mol. The van der Waals surface area contributed by atoms with Gasteiger partial charge in [0.25, 0.3) is 0 Å². The van der Waals surface area contributed by atoms with Crippen LogP contribution in [0.2, 0.25) is 0 Å². The molecule has 2 amide bonds. The second kappa shape index (κ2) is 7.70. The quantitative estimate of drug-likeness (QED) is 0.663. The fourth-order valence-corrected chi connectivity index (χ4v) is 1.90. The first-order valence-corrected chi connectivity index (χ1v) is 6.79.